The first kappa shape index (κ1) is 16.6. The van der Waals surface area contributed by atoms with Gasteiger partial charge in [0, 0.05) is 12.1 Å². The molecule has 0 unspecified atom stereocenters. The van der Waals surface area contributed by atoms with Gasteiger partial charge in [-0.25, -0.2) is 0 Å². The molecule has 7 heteroatoms. The van der Waals surface area contributed by atoms with E-state index >= 15 is 0 Å². The number of carbonyl (C=O) groups is 3. The van der Waals surface area contributed by atoms with E-state index in [2.05, 4.69) is 9.47 Å². The summed E-state index contributed by atoms with van der Waals surface area (Å²) in [4.78, 5) is 35.4. The number of methoxy groups -OCH3 is 2. The van der Waals surface area contributed by atoms with Crippen molar-refractivity contribution in [1.82, 2.24) is 4.90 Å². The van der Waals surface area contributed by atoms with Gasteiger partial charge in [-0.1, -0.05) is 12.1 Å². The molecule has 0 aromatic heterocycles. The third-order valence-electron chi connectivity index (χ3n) is 2.78. The highest BCUT2D eigenvalue weighted by Crippen LogP contribution is 2.08. The van der Waals surface area contributed by atoms with Crippen LogP contribution in [0, 0.1) is 0 Å². The second-order valence-electron chi connectivity index (χ2n) is 4.36. The monoisotopic (exact) mass is 294 g/mol. The van der Waals surface area contributed by atoms with Gasteiger partial charge in [0.25, 0.3) is 0 Å². The fourth-order valence-electron chi connectivity index (χ4n) is 1.74. The fraction of sp³-hybridized carbons (Fsp3) is 0.357. The summed E-state index contributed by atoms with van der Waals surface area (Å²) in [6.07, 6.45) is 0. The van der Waals surface area contributed by atoms with E-state index in [1.165, 1.54) is 14.2 Å². The van der Waals surface area contributed by atoms with Crippen LogP contribution in [0.15, 0.2) is 24.3 Å². The molecule has 1 aromatic carbocycles. The van der Waals surface area contributed by atoms with Crippen LogP contribution in [0.4, 0.5) is 0 Å². The number of amides is 1. The third kappa shape index (κ3) is 5.62. The maximum absolute atomic E-state index is 11.4. The highest BCUT2D eigenvalue weighted by molar-refractivity contribution is 5.92. The Morgan fingerprint density at radius 2 is 1.67 bits per heavy atom. The molecule has 0 aliphatic carbocycles. The van der Waals surface area contributed by atoms with E-state index in [0.717, 1.165) is 5.56 Å². The van der Waals surface area contributed by atoms with Crippen LogP contribution in [0.3, 0.4) is 0 Å². The molecular weight excluding hydrogens is 276 g/mol. The summed E-state index contributed by atoms with van der Waals surface area (Å²) in [5.41, 5.74) is 6.33. The lowest BCUT2D eigenvalue weighted by atomic mass is 10.1. The van der Waals surface area contributed by atoms with Crippen molar-refractivity contribution in [3.05, 3.63) is 35.4 Å². The summed E-state index contributed by atoms with van der Waals surface area (Å²) < 4.78 is 9.18. The van der Waals surface area contributed by atoms with Crippen molar-refractivity contribution in [3.8, 4) is 0 Å². The summed E-state index contributed by atoms with van der Waals surface area (Å²) in [5, 5.41) is 0. The molecule has 1 aromatic rings. The number of esters is 2. The number of primary amides is 1. The summed E-state index contributed by atoms with van der Waals surface area (Å²) in [5.74, 6) is -1.47. The molecule has 0 atom stereocenters. The molecule has 0 aliphatic heterocycles. The maximum Gasteiger partial charge on any atom is 0.319 e. The fourth-order valence-corrected chi connectivity index (χ4v) is 1.74. The minimum Gasteiger partial charge on any atom is -0.468 e. The van der Waals surface area contributed by atoms with Gasteiger partial charge in [0.05, 0.1) is 27.3 Å². The van der Waals surface area contributed by atoms with Crippen LogP contribution in [0.2, 0.25) is 0 Å². The number of hydrogen-bond acceptors (Lipinski definition) is 6. The zero-order valence-corrected chi connectivity index (χ0v) is 12.0. The summed E-state index contributed by atoms with van der Waals surface area (Å²) >= 11 is 0. The van der Waals surface area contributed by atoms with Crippen molar-refractivity contribution in [3.63, 3.8) is 0 Å². The standard InChI is InChI=1S/C14H18N2O5/c1-20-12(17)8-16(9-13(18)21-2)7-10-4-3-5-11(6-10)14(15)19/h3-6H,7-9H2,1-2H3,(H2,15,19). The lowest BCUT2D eigenvalue weighted by Crippen LogP contribution is -2.35. The predicted octanol–water partition coefficient (Wildman–Crippen LogP) is -0.0665. The van der Waals surface area contributed by atoms with E-state index < -0.39 is 17.8 Å². The molecule has 0 radical (unpaired) electrons. The summed E-state index contributed by atoms with van der Waals surface area (Å²) in [6.45, 7) is 0.157. The van der Waals surface area contributed by atoms with Crippen LogP contribution in [-0.4, -0.2) is 50.1 Å². The minimum atomic E-state index is -0.538. The zero-order chi connectivity index (χ0) is 15.8. The first-order valence-electron chi connectivity index (χ1n) is 6.21. The Labute approximate surface area is 122 Å². The summed E-state index contributed by atoms with van der Waals surface area (Å²) in [7, 11) is 2.54. The molecule has 7 nitrogen and oxygen atoms in total. The van der Waals surface area contributed by atoms with E-state index in [0.29, 0.717) is 5.56 Å². The molecule has 0 fully saturated rings. The first-order valence-corrected chi connectivity index (χ1v) is 6.21. The Morgan fingerprint density at radius 3 is 2.14 bits per heavy atom. The van der Waals surface area contributed by atoms with Gasteiger partial charge < -0.3 is 15.2 Å². The largest absolute Gasteiger partial charge is 0.468 e. The molecule has 0 heterocycles. The van der Waals surface area contributed by atoms with E-state index in [-0.39, 0.29) is 19.6 Å². The van der Waals surface area contributed by atoms with E-state index in [9.17, 15) is 14.4 Å². The van der Waals surface area contributed by atoms with Crippen LogP contribution < -0.4 is 5.73 Å². The topological polar surface area (TPSA) is 98.9 Å². The van der Waals surface area contributed by atoms with Gasteiger partial charge in [0.2, 0.25) is 5.91 Å². The molecule has 1 amide bonds. The van der Waals surface area contributed by atoms with Crippen LogP contribution in [0.1, 0.15) is 15.9 Å². The molecule has 0 spiro atoms. The molecule has 0 saturated heterocycles. The van der Waals surface area contributed by atoms with Gasteiger partial charge >= 0.3 is 11.9 Å². The smallest absolute Gasteiger partial charge is 0.319 e. The molecule has 0 saturated carbocycles. The van der Waals surface area contributed by atoms with E-state index in [1.807, 2.05) is 0 Å². The number of benzene rings is 1. The van der Waals surface area contributed by atoms with Gasteiger partial charge in [0.1, 0.15) is 0 Å². The Morgan fingerprint density at radius 1 is 1.10 bits per heavy atom. The Kier molecular flexibility index (Phi) is 6.35. The highest BCUT2D eigenvalue weighted by Gasteiger charge is 2.16. The molecule has 1 rings (SSSR count). The molecule has 114 valence electrons. The van der Waals surface area contributed by atoms with Crippen molar-refractivity contribution in [1.29, 1.82) is 0 Å². The molecule has 21 heavy (non-hydrogen) atoms. The predicted molar refractivity (Wildman–Crippen MR) is 74.3 cm³/mol. The van der Waals surface area contributed by atoms with Crippen molar-refractivity contribution in [2.45, 2.75) is 6.54 Å². The SMILES string of the molecule is COC(=O)CN(CC(=O)OC)Cc1cccc(C(N)=O)c1. The maximum atomic E-state index is 11.4. The molecular formula is C14H18N2O5. The normalized spacial score (nSPS) is 10.2. The molecule has 0 aliphatic rings. The number of nitrogens with two attached hydrogens (primary N) is 1. The van der Waals surface area contributed by atoms with Gasteiger partial charge in [-0.15, -0.1) is 0 Å². The second-order valence-corrected chi connectivity index (χ2v) is 4.36. The van der Waals surface area contributed by atoms with Gasteiger partial charge in [0.15, 0.2) is 0 Å². The van der Waals surface area contributed by atoms with E-state index in [1.54, 1.807) is 29.2 Å². The Hall–Kier alpha value is -2.41. The number of ether oxygens (including phenoxy) is 2. The van der Waals surface area contributed by atoms with Crippen LogP contribution >= 0.6 is 0 Å². The Bertz CT molecular complexity index is 512. The van der Waals surface area contributed by atoms with Gasteiger partial charge in [-0.05, 0) is 17.7 Å². The third-order valence-corrected chi connectivity index (χ3v) is 2.78. The average molecular weight is 294 g/mol. The summed E-state index contributed by atoms with van der Waals surface area (Å²) in [6, 6.07) is 6.67. The van der Waals surface area contributed by atoms with Crippen molar-refractivity contribution >= 4 is 17.8 Å². The minimum absolute atomic E-state index is 0.0631. The lowest BCUT2D eigenvalue weighted by molar-refractivity contribution is -0.145. The highest BCUT2D eigenvalue weighted by atomic mass is 16.5. The number of rotatable bonds is 7. The van der Waals surface area contributed by atoms with Gasteiger partial charge in [-0.3, -0.25) is 19.3 Å². The first-order chi connectivity index (χ1) is 9.96. The number of nitrogens with zero attached hydrogens (tertiary/aromatic N) is 1. The van der Waals surface area contributed by atoms with Crippen LogP contribution in [0.5, 0.6) is 0 Å². The second kappa shape index (κ2) is 8.01. The zero-order valence-electron chi connectivity index (χ0n) is 12.0. The molecule has 2 N–H and O–H groups in total. The van der Waals surface area contributed by atoms with E-state index in [4.69, 9.17) is 5.73 Å². The number of carbonyl (C=O) groups excluding carboxylic acids is 3. The van der Waals surface area contributed by atoms with Crippen LogP contribution in [-0.2, 0) is 25.6 Å². The average Bonchev–Trinajstić information content (AvgIpc) is 2.47. The Balaban J connectivity index is 2.83. The number of hydrogen-bond donors (Lipinski definition) is 1. The lowest BCUT2D eigenvalue weighted by Gasteiger charge is -2.19. The van der Waals surface area contributed by atoms with Crippen molar-refractivity contribution < 1.29 is 23.9 Å². The quantitative estimate of drug-likeness (QED) is 0.707. The van der Waals surface area contributed by atoms with Gasteiger partial charge in [-0.2, -0.15) is 0 Å². The van der Waals surface area contributed by atoms with Crippen molar-refractivity contribution in [2.24, 2.45) is 5.73 Å². The molecule has 0 bridgehead atoms. The van der Waals surface area contributed by atoms with Crippen molar-refractivity contribution in [2.75, 3.05) is 27.3 Å². The van der Waals surface area contributed by atoms with Crippen LogP contribution in [0.25, 0.3) is 0 Å².